The summed E-state index contributed by atoms with van der Waals surface area (Å²) in [6.45, 7) is 0.525. The summed E-state index contributed by atoms with van der Waals surface area (Å²) in [7, 11) is 1.25. The number of nitrogens with one attached hydrogen (secondary N) is 2. The zero-order chi connectivity index (χ0) is 18.1. The van der Waals surface area contributed by atoms with Crippen LogP contribution < -0.4 is 11.2 Å². The van der Waals surface area contributed by atoms with Crippen LogP contribution in [0.25, 0.3) is 0 Å². The van der Waals surface area contributed by atoms with Crippen molar-refractivity contribution in [3.05, 3.63) is 66.7 Å². The van der Waals surface area contributed by atoms with Gasteiger partial charge < -0.3 is 9.72 Å². The van der Waals surface area contributed by atoms with Crippen LogP contribution in [0.1, 0.15) is 22.9 Å². The molecule has 3 rings (SSSR count). The molecule has 1 aliphatic heterocycles. The summed E-state index contributed by atoms with van der Waals surface area (Å²) in [5.74, 6) is -1.08. The fourth-order valence-electron chi connectivity index (χ4n) is 3.02. The Morgan fingerprint density at radius 3 is 2.80 bits per heavy atom. The van der Waals surface area contributed by atoms with E-state index in [9.17, 15) is 18.8 Å². The summed E-state index contributed by atoms with van der Waals surface area (Å²) >= 11 is 6.11. The van der Waals surface area contributed by atoms with Gasteiger partial charge in [-0.05, 0) is 24.1 Å². The van der Waals surface area contributed by atoms with Crippen molar-refractivity contribution >= 4 is 17.6 Å². The van der Waals surface area contributed by atoms with Crippen molar-refractivity contribution in [3.8, 4) is 0 Å². The van der Waals surface area contributed by atoms with Crippen LogP contribution in [0.15, 0.2) is 27.8 Å². The van der Waals surface area contributed by atoms with Gasteiger partial charge in [-0.15, -0.1) is 0 Å². The average Bonchev–Trinajstić information content (AvgIpc) is 2.56. The molecule has 1 aliphatic rings. The molecule has 9 heteroatoms. The lowest BCUT2D eigenvalue weighted by molar-refractivity contribution is -0.147. The maximum atomic E-state index is 13.3. The van der Waals surface area contributed by atoms with Crippen molar-refractivity contribution in [2.45, 2.75) is 19.0 Å². The number of hydrogen-bond donors (Lipinski definition) is 2. The molecule has 0 bridgehead atoms. The maximum absolute atomic E-state index is 13.3. The molecular weight excluding hydrogens is 353 g/mol. The summed E-state index contributed by atoms with van der Waals surface area (Å²) in [4.78, 5) is 42.2. The van der Waals surface area contributed by atoms with Crippen molar-refractivity contribution in [1.29, 1.82) is 0 Å². The minimum absolute atomic E-state index is 0.0978. The molecule has 132 valence electrons. The number of ether oxygens (including phenoxy) is 1. The van der Waals surface area contributed by atoms with Crippen LogP contribution in [0.5, 0.6) is 0 Å². The molecule has 1 aromatic heterocycles. The Balaban J connectivity index is 2.02. The third-order valence-corrected chi connectivity index (χ3v) is 4.51. The van der Waals surface area contributed by atoms with Crippen LogP contribution in [0.3, 0.4) is 0 Å². The van der Waals surface area contributed by atoms with Crippen LogP contribution in [-0.2, 0) is 22.5 Å². The monoisotopic (exact) mass is 367 g/mol. The smallest absolute Gasteiger partial charge is 0.327 e. The molecule has 0 fully saturated rings. The van der Waals surface area contributed by atoms with Crippen LogP contribution in [0.2, 0.25) is 5.02 Å². The van der Waals surface area contributed by atoms with Gasteiger partial charge in [-0.2, -0.15) is 0 Å². The van der Waals surface area contributed by atoms with E-state index in [-0.39, 0.29) is 11.6 Å². The molecule has 2 aromatic rings. The maximum Gasteiger partial charge on any atom is 0.327 e. The van der Waals surface area contributed by atoms with Gasteiger partial charge in [-0.1, -0.05) is 17.7 Å². The van der Waals surface area contributed by atoms with E-state index in [2.05, 4.69) is 9.97 Å². The number of fused-ring (bicyclic) bond motifs is 1. The van der Waals surface area contributed by atoms with Crippen molar-refractivity contribution in [1.82, 2.24) is 14.9 Å². The molecule has 0 aliphatic carbocycles. The number of carbonyl (C=O) groups is 1. The number of H-pyrrole nitrogens is 2. The molecule has 0 spiro atoms. The fourth-order valence-corrected chi connectivity index (χ4v) is 3.29. The number of benzene rings is 1. The Morgan fingerprint density at radius 2 is 2.12 bits per heavy atom. The Morgan fingerprint density at radius 1 is 1.36 bits per heavy atom. The number of esters is 1. The van der Waals surface area contributed by atoms with Crippen LogP contribution in [0.4, 0.5) is 4.39 Å². The van der Waals surface area contributed by atoms with Gasteiger partial charge in [0.05, 0.1) is 7.11 Å². The first kappa shape index (κ1) is 17.4. The predicted octanol–water partition coefficient (Wildman–Crippen LogP) is 1.13. The Bertz CT molecular complexity index is 940. The molecule has 0 amide bonds. The minimum Gasteiger partial charge on any atom is -0.468 e. The first-order valence-corrected chi connectivity index (χ1v) is 7.89. The number of halogens is 2. The van der Waals surface area contributed by atoms with Crippen LogP contribution in [0, 0.1) is 5.82 Å². The lowest BCUT2D eigenvalue weighted by atomic mass is 10.00. The molecule has 0 radical (unpaired) electrons. The van der Waals surface area contributed by atoms with E-state index < -0.39 is 29.1 Å². The number of aromatic amines is 2. The summed E-state index contributed by atoms with van der Waals surface area (Å²) in [6, 6.07) is 2.88. The fraction of sp³-hybridized carbons (Fsp3) is 0.312. The van der Waals surface area contributed by atoms with E-state index in [1.54, 1.807) is 4.90 Å². The van der Waals surface area contributed by atoms with Crippen LogP contribution >= 0.6 is 11.6 Å². The highest BCUT2D eigenvalue weighted by atomic mass is 35.5. The lowest BCUT2D eigenvalue weighted by Crippen LogP contribution is -2.42. The van der Waals surface area contributed by atoms with Crippen molar-refractivity contribution in [3.63, 3.8) is 0 Å². The summed E-state index contributed by atoms with van der Waals surface area (Å²) in [6.07, 6.45) is 0.341. The summed E-state index contributed by atoms with van der Waals surface area (Å²) in [5, 5.41) is 0.0978. The third kappa shape index (κ3) is 3.35. The Hall–Kier alpha value is -2.45. The van der Waals surface area contributed by atoms with E-state index >= 15 is 0 Å². The molecule has 1 atom stereocenters. The second-order valence-corrected chi connectivity index (χ2v) is 6.08. The minimum atomic E-state index is -0.881. The lowest BCUT2D eigenvalue weighted by Gasteiger charge is -2.33. The molecule has 1 aromatic carbocycles. The van der Waals surface area contributed by atoms with E-state index in [1.165, 1.54) is 19.2 Å². The van der Waals surface area contributed by atoms with Gasteiger partial charge in [0.25, 0.3) is 5.56 Å². The zero-order valence-electron chi connectivity index (χ0n) is 13.3. The molecule has 25 heavy (non-hydrogen) atoms. The second kappa shape index (κ2) is 6.81. The topological polar surface area (TPSA) is 95.3 Å². The summed E-state index contributed by atoms with van der Waals surface area (Å²) in [5.41, 5.74) is 0.259. The third-order valence-electron chi connectivity index (χ3n) is 4.19. The van der Waals surface area contributed by atoms with Crippen molar-refractivity contribution in [2.75, 3.05) is 13.7 Å². The van der Waals surface area contributed by atoms with E-state index in [0.717, 1.165) is 6.07 Å². The molecule has 0 saturated carbocycles. The van der Waals surface area contributed by atoms with Gasteiger partial charge in [0, 0.05) is 29.4 Å². The number of hydrogen-bond acceptors (Lipinski definition) is 5. The standard InChI is InChI=1S/C16H15ClFN3O4/c1-25-15(23)13(9-3-2-8(18)6-11(9)17)21-5-4-10-12(7-21)19-16(24)20-14(10)22/h2-3,6,13H,4-5,7H2,1H3,(H2,19,20,22,24). The van der Waals surface area contributed by atoms with Crippen molar-refractivity contribution < 1.29 is 13.9 Å². The predicted molar refractivity (Wildman–Crippen MR) is 88.0 cm³/mol. The van der Waals surface area contributed by atoms with Gasteiger partial charge >= 0.3 is 11.7 Å². The van der Waals surface area contributed by atoms with E-state index in [0.29, 0.717) is 29.8 Å². The van der Waals surface area contributed by atoms with Gasteiger partial charge in [-0.25, -0.2) is 14.0 Å². The van der Waals surface area contributed by atoms with Gasteiger partial charge in [0.1, 0.15) is 11.9 Å². The molecule has 0 saturated heterocycles. The number of methoxy groups -OCH3 is 1. The number of nitrogens with zero attached hydrogens (tertiary/aromatic N) is 1. The highest BCUT2D eigenvalue weighted by Crippen LogP contribution is 2.32. The number of aromatic nitrogens is 2. The zero-order valence-corrected chi connectivity index (χ0v) is 14.0. The molecule has 1 unspecified atom stereocenters. The molecule has 2 heterocycles. The average molecular weight is 368 g/mol. The van der Waals surface area contributed by atoms with Crippen LogP contribution in [-0.4, -0.2) is 34.5 Å². The normalized spacial score (nSPS) is 15.5. The van der Waals surface area contributed by atoms with Gasteiger partial charge in [0.2, 0.25) is 0 Å². The van der Waals surface area contributed by atoms with E-state index in [1.807, 2.05) is 0 Å². The second-order valence-electron chi connectivity index (χ2n) is 5.68. The Kier molecular flexibility index (Phi) is 4.73. The molecule has 7 nitrogen and oxygen atoms in total. The first-order valence-electron chi connectivity index (χ1n) is 7.52. The van der Waals surface area contributed by atoms with Gasteiger partial charge in [0.15, 0.2) is 0 Å². The summed E-state index contributed by atoms with van der Waals surface area (Å²) < 4.78 is 18.2. The van der Waals surface area contributed by atoms with Gasteiger partial charge in [-0.3, -0.25) is 14.7 Å². The Labute approximate surface area is 146 Å². The highest BCUT2D eigenvalue weighted by molar-refractivity contribution is 6.31. The quantitative estimate of drug-likeness (QED) is 0.793. The largest absolute Gasteiger partial charge is 0.468 e. The molecule has 2 N–H and O–H groups in total. The highest BCUT2D eigenvalue weighted by Gasteiger charge is 2.33. The SMILES string of the molecule is COC(=O)C(c1ccc(F)cc1Cl)N1CCc2c([nH]c(=O)[nH]c2=O)C1. The number of rotatable bonds is 3. The molecular formula is C16H15ClFN3O4. The van der Waals surface area contributed by atoms with E-state index in [4.69, 9.17) is 16.3 Å². The number of carbonyl (C=O) groups excluding carboxylic acids is 1. The van der Waals surface area contributed by atoms with Crippen molar-refractivity contribution in [2.24, 2.45) is 0 Å². The first-order chi connectivity index (χ1) is 11.9.